The Morgan fingerprint density at radius 2 is 2.00 bits per heavy atom. The predicted molar refractivity (Wildman–Crippen MR) is 59.8 cm³/mol. The van der Waals surface area contributed by atoms with Crippen LogP contribution < -0.4 is 4.74 Å². The molecule has 0 aliphatic heterocycles. The van der Waals surface area contributed by atoms with E-state index < -0.39 is 5.97 Å². The smallest absolute Gasteiger partial charge is 0.338 e. The average molecular weight is 224 g/mol. The van der Waals surface area contributed by atoms with E-state index in [1.165, 1.54) is 0 Å². The van der Waals surface area contributed by atoms with Crippen molar-refractivity contribution in [2.45, 2.75) is 13.8 Å². The summed E-state index contributed by atoms with van der Waals surface area (Å²) in [5.41, 5.74) is 2.18. The molecule has 0 aliphatic carbocycles. The van der Waals surface area contributed by atoms with E-state index in [4.69, 9.17) is 14.6 Å². The van der Waals surface area contributed by atoms with Crippen molar-refractivity contribution >= 4 is 5.97 Å². The molecule has 0 spiro atoms. The van der Waals surface area contributed by atoms with E-state index in [1.54, 1.807) is 19.2 Å². The summed E-state index contributed by atoms with van der Waals surface area (Å²) in [6, 6.07) is 3.53. The van der Waals surface area contributed by atoms with E-state index in [2.05, 4.69) is 0 Å². The van der Waals surface area contributed by atoms with Gasteiger partial charge in [0.05, 0.1) is 19.3 Å². The molecule has 4 heteroatoms. The van der Waals surface area contributed by atoms with Gasteiger partial charge in [-0.1, -0.05) is 0 Å². The molecule has 88 valence electrons. The van der Waals surface area contributed by atoms with Gasteiger partial charge in [0.25, 0.3) is 0 Å². The van der Waals surface area contributed by atoms with E-state index in [-0.39, 0.29) is 13.2 Å². The van der Waals surface area contributed by atoms with Crippen molar-refractivity contribution in [3.8, 4) is 5.75 Å². The molecule has 1 aromatic carbocycles. The van der Waals surface area contributed by atoms with Gasteiger partial charge in [-0.3, -0.25) is 0 Å². The molecule has 0 atom stereocenters. The number of methoxy groups -OCH3 is 1. The lowest BCUT2D eigenvalue weighted by molar-refractivity contribution is 0.0433. The monoisotopic (exact) mass is 224 g/mol. The highest BCUT2D eigenvalue weighted by molar-refractivity contribution is 5.91. The van der Waals surface area contributed by atoms with Gasteiger partial charge in [-0.25, -0.2) is 4.79 Å². The molecule has 0 aromatic heterocycles. The third-order valence-corrected chi connectivity index (χ3v) is 2.29. The second-order valence-electron chi connectivity index (χ2n) is 3.50. The van der Waals surface area contributed by atoms with Crippen molar-refractivity contribution in [2.75, 3.05) is 20.3 Å². The average Bonchev–Trinajstić information content (AvgIpc) is 2.28. The highest BCUT2D eigenvalue weighted by atomic mass is 16.5. The molecule has 1 N–H and O–H groups in total. The molecule has 0 fully saturated rings. The van der Waals surface area contributed by atoms with E-state index in [0.29, 0.717) is 5.56 Å². The van der Waals surface area contributed by atoms with Gasteiger partial charge in [-0.05, 0) is 37.1 Å². The zero-order chi connectivity index (χ0) is 12.1. The second kappa shape index (κ2) is 5.51. The second-order valence-corrected chi connectivity index (χ2v) is 3.50. The Bertz CT molecular complexity index is 385. The van der Waals surface area contributed by atoms with Gasteiger partial charge in [0.1, 0.15) is 12.4 Å². The number of benzene rings is 1. The minimum atomic E-state index is -0.419. The molecule has 0 unspecified atom stereocenters. The van der Waals surface area contributed by atoms with Crippen LogP contribution in [-0.4, -0.2) is 31.4 Å². The zero-order valence-electron chi connectivity index (χ0n) is 9.74. The number of aliphatic hydroxyl groups excluding tert-OH is 1. The van der Waals surface area contributed by atoms with Crippen molar-refractivity contribution in [2.24, 2.45) is 0 Å². The fourth-order valence-corrected chi connectivity index (χ4v) is 1.45. The van der Waals surface area contributed by atoms with Crippen LogP contribution >= 0.6 is 0 Å². The number of carbonyl (C=O) groups is 1. The summed E-state index contributed by atoms with van der Waals surface area (Å²) in [5.74, 6) is 0.327. The molecule has 1 aromatic rings. The number of carbonyl (C=O) groups excluding carboxylic acids is 1. The summed E-state index contributed by atoms with van der Waals surface area (Å²) in [5, 5.41) is 8.57. The van der Waals surface area contributed by atoms with E-state index in [1.807, 2.05) is 13.8 Å². The van der Waals surface area contributed by atoms with E-state index in [9.17, 15) is 4.79 Å². The molecule has 0 heterocycles. The number of esters is 1. The van der Waals surface area contributed by atoms with Crippen LogP contribution in [0.4, 0.5) is 0 Å². The van der Waals surface area contributed by atoms with Crippen molar-refractivity contribution in [3.63, 3.8) is 0 Å². The highest BCUT2D eigenvalue weighted by Crippen LogP contribution is 2.22. The number of rotatable bonds is 4. The fraction of sp³-hybridized carbons (Fsp3) is 0.417. The topological polar surface area (TPSA) is 55.8 Å². The van der Waals surface area contributed by atoms with E-state index >= 15 is 0 Å². The molecule has 0 amide bonds. The van der Waals surface area contributed by atoms with Crippen molar-refractivity contribution < 1.29 is 19.4 Å². The van der Waals surface area contributed by atoms with Crippen LogP contribution in [-0.2, 0) is 4.74 Å². The summed E-state index contributed by atoms with van der Waals surface area (Å²) in [4.78, 5) is 11.6. The number of aliphatic hydroxyl groups is 1. The molecule has 0 radical (unpaired) electrons. The number of hydrogen-bond acceptors (Lipinski definition) is 4. The lowest BCUT2D eigenvalue weighted by Gasteiger charge is -2.10. The van der Waals surface area contributed by atoms with Crippen molar-refractivity contribution in [1.82, 2.24) is 0 Å². The van der Waals surface area contributed by atoms with Crippen LogP contribution in [0.2, 0.25) is 0 Å². The Morgan fingerprint density at radius 3 is 2.56 bits per heavy atom. The summed E-state index contributed by atoms with van der Waals surface area (Å²) in [6.45, 7) is 3.53. The molecule has 0 saturated heterocycles. The van der Waals surface area contributed by atoms with Gasteiger partial charge in [0.15, 0.2) is 0 Å². The quantitative estimate of drug-likeness (QED) is 0.787. The maximum atomic E-state index is 11.6. The van der Waals surface area contributed by atoms with Gasteiger partial charge >= 0.3 is 5.97 Å². The van der Waals surface area contributed by atoms with Crippen LogP contribution in [0, 0.1) is 13.8 Å². The summed E-state index contributed by atoms with van der Waals surface area (Å²) in [7, 11) is 1.59. The van der Waals surface area contributed by atoms with Gasteiger partial charge in [0, 0.05) is 0 Å². The summed E-state index contributed by atoms with van der Waals surface area (Å²) < 4.78 is 10.0. The minimum Gasteiger partial charge on any atom is -0.496 e. The molecular formula is C12H16O4. The Labute approximate surface area is 94.8 Å². The number of ether oxygens (including phenoxy) is 2. The first-order valence-electron chi connectivity index (χ1n) is 5.03. The van der Waals surface area contributed by atoms with Crippen LogP contribution in [0.25, 0.3) is 0 Å². The molecule has 16 heavy (non-hydrogen) atoms. The summed E-state index contributed by atoms with van der Waals surface area (Å²) in [6.07, 6.45) is 0. The Hall–Kier alpha value is -1.55. The zero-order valence-corrected chi connectivity index (χ0v) is 9.74. The largest absolute Gasteiger partial charge is 0.496 e. The summed E-state index contributed by atoms with van der Waals surface area (Å²) >= 11 is 0. The maximum Gasteiger partial charge on any atom is 0.338 e. The standard InChI is InChI=1S/C12H16O4/c1-8-7-11(15-3)9(2)6-10(8)12(14)16-5-4-13/h6-7,13H,4-5H2,1-3H3. The third-order valence-electron chi connectivity index (χ3n) is 2.29. The molecule has 4 nitrogen and oxygen atoms in total. The normalized spacial score (nSPS) is 10.0. The predicted octanol–water partition coefficient (Wildman–Crippen LogP) is 1.46. The van der Waals surface area contributed by atoms with Crippen LogP contribution in [0.1, 0.15) is 21.5 Å². The van der Waals surface area contributed by atoms with Gasteiger partial charge in [-0.15, -0.1) is 0 Å². The van der Waals surface area contributed by atoms with Crippen LogP contribution in [0.5, 0.6) is 5.75 Å². The van der Waals surface area contributed by atoms with Crippen LogP contribution in [0.3, 0.4) is 0 Å². The van der Waals surface area contributed by atoms with Crippen LogP contribution in [0.15, 0.2) is 12.1 Å². The number of aryl methyl sites for hydroxylation is 2. The fourth-order valence-electron chi connectivity index (χ4n) is 1.45. The lowest BCUT2D eigenvalue weighted by Crippen LogP contribution is -2.10. The SMILES string of the molecule is COc1cc(C)c(C(=O)OCCO)cc1C. The lowest BCUT2D eigenvalue weighted by atomic mass is 10.0. The molecular weight excluding hydrogens is 208 g/mol. The molecule has 1 rings (SSSR count). The Balaban J connectivity index is 2.97. The minimum absolute atomic E-state index is 0.0172. The molecule has 0 bridgehead atoms. The van der Waals surface area contributed by atoms with Crippen molar-refractivity contribution in [3.05, 3.63) is 28.8 Å². The maximum absolute atomic E-state index is 11.6. The first-order valence-corrected chi connectivity index (χ1v) is 5.03. The Morgan fingerprint density at radius 1 is 1.31 bits per heavy atom. The van der Waals surface area contributed by atoms with Gasteiger partial charge < -0.3 is 14.6 Å². The van der Waals surface area contributed by atoms with Gasteiger partial charge in [-0.2, -0.15) is 0 Å². The van der Waals surface area contributed by atoms with E-state index in [0.717, 1.165) is 16.9 Å². The molecule has 0 aliphatic rings. The third kappa shape index (κ3) is 2.73. The highest BCUT2D eigenvalue weighted by Gasteiger charge is 2.13. The Kier molecular flexibility index (Phi) is 4.31. The van der Waals surface area contributed by atoms with Gasteiger partial charge in [0.2, 0.25) is 0 Å². The molecule has 0 saturated carbocycles. The number of hydrogen-bond donors (Lipinski definition) is 1. The first-order chi connectivity index (χ1) is 7.60. The van der Waals surface area contributed by atoms with Crippen molar-refractivity contribution in [1.29, 1.82) is 0 Å². The first kappa shape index (κ1) is 12.5.